The molecule has 0 saturated carbocycles. The summed E-state index contributed by atoms with van der Waals surface area (Å²) in [5, 5.41) is 12.2. The number of aliphatic hydroxyl groups is 1. The quantitative estimate of drug-likeness (QED) is 0.753. The zero-order valence-corrected chi connectivity index (χ0v) is 7.64. The van der Waals surface area contributed by atoms with E-state index in [0.717, 1.165) is 5.56 Å². The van der Waals surface area contributed by atoms with Crippen LogP contribution in [0.25, 0.3) is 0 Å². The molecular weight excluding hydrogens is 178 g/mol. The Morgan fingerprint density at radius 3 is 3.00 bits per heavy atom. The van der Waals surface area contributed by atoms with Crippen molar-refractivity contribution in [1.29, 1.82) is 0 Å². The number of rotatable bonds is 4. The second-order valence-electron chi connectivity index (χ2n) is 2.68. The van der Waals surface area contributed by atoms with Crippen LogP contribution in [0.1, 0.15) is 12.5 Å². The van der Waals surface area contributed by atoms with E-state index in [1.807, 2.05) is 6.92 Å². The fraction of sp³-hybridized carbons (Fsp3) is 0.500. The third kappa shape index (κ3) is 2.52. The van der Waals surface area contributed by atoms with Crippen LogP contribution in [0.4, 0.5) is 0 Å². The molecule has 1 rings (SSSR count). The van der Waals surface area contributed by atoms with Gasteiger partial charge < -0.3 is 14.8 Å². The smallest absolute Gasteiger partial charge is 0.197 e. The minimum atomic E-state index is 0.0796. The van der Waals surface area contributed by atoms with Gasteiger partial charge in [-0.3, -0.25) is 0 Å². The molecule has 0 fully saturated rings. The Morgan fingerprint density at radius 2 is 2.50 bits per heavy atom. The molecule has 4 heteroatoms. The van der Waals surface area contributed by atoms with Crippen molar-refractivity contribution in [3.05, 3.63) is 23.1 Å². The second kappa shape index (κ2) is 4.50. The zero-order valence-electron chi connectivity index (χ0n) is 6.88. The molecule has 1 atom stereocenters. The van der Waals surface area contributed by atoms with Gasteiger partial charge in [0.25, 0.3) is 0 Å². The van der Waals surface area contributed by atoms with Crippen molar-refractivity contribution in [1.82, 2.24) is 5.32 Å². The monoisotopic (exact) mass is 189 g/mol. The van der Waals surface area contributed by atoms with Gasteiger partial charge >= 0.3 is 0 Å². The Balaban J connectivity index is 2.38. The molecule has 12 heavy (non-hydrogen) atoms. The summed E-state index contributed by atoms with van der Waals surface area (Å²) in [7, 11) is 0. The predicted molar refractivity (Wildman–Crippen MR) is 47.1 cm³/mol. The molecule has 1 aromatic heterocycles. The third-order valence-corrected chi connectivity index (χ3v) is 1.94. The van der Waals surface area contributed by atoms with Crippen LogP contribution in [0.5, 0.6) is 0 Å². The Morgan fingerprint density at radius 1 is 1.75 bits per heavy atom. The molecule has 0 amide bonds. The summed E-state index contributed by atoms with van der Waals surface area (Å²) >= 11 is 5.70. The highest BCUT2D eigenvalue weighted by molar-refractivity contribution is 6.29. The summed E-state index contributed by atoms with van der Waals surface area (Å²) in [6, 6.07) is 1.88. The predicted octanol–water partition coefficient (Wildman–Crippen LogP) is 1.40. The zero-order chi connectivity index (χ0) is 8.97. The van der Waals surface area contributed by atoms with Crippen molar-refractivity contribution in [2.75, 3.05) is 6.61 Å². The number of nitrogens with one attached hydrogen (secondary N) is 1. The van der Waals surface area contributed by atoms with Crippen LogP contribution in [0.3, 0.4) is 0 Å². The normalized spacial score (nSPS) is 13.2. The fourth-order valence-electron chi connectivity index (χ4n) is 0.794. The molecule has 0 aliphatic rings. The van der Waals surface area contributed by atoms with Gasteiger partial charge in [0.2, 0.25) is 0 Å². The van der Waals surface area contributed by atoms with Crippen molar-refractivity contribution >= 4 is 11.6 Å². The Bertz CT molecular complexity index is 237. The van der Waals surface area contributed by atoms with E-state index in [1.165, 1.54) is 0 Å². The highest BCUT2D eigenvalue weighted by atomic mass is 35.5. The third-order valence-electron chi connectivity index (χ3n) is 1.61. The molecule has 1 unspecified atom stereocenters. The van der Waals surface area contributed by atoms with Crippen molar-refractivity contribution in [2.45, 2.75) is 19.5 Å². The first-order valence-electron chi connectivity index (χ1n) is 3.80. The minimum Gasteiger partial charge on any atom is -0.453 e. The molecule has 0 aliphatic carbocycles. The first-order chi connectivity index (χ1) is 5.74. The minimum absolute atomic E-state index is 0.0796. The number of furan rings is 1. The lowest BCUT2D eigenvalue weighted by Gasteiger charge is -2.08. The van der Waals surface area contributed by atoms with Crippen LogP contribution < -0.4 is 5.32 Å². The molecule has 0 aromatic carbocycles. The molecule has 3 nitrogen and oxygen atoms in total. The maximum atomic E-state index is 8.71. The lowest BCUT2D eigenvalue weighted by molar-refractivity contribution is 0.251. The summed E-state index contributed by atoms with van der Waals surface area (Å²) in [6.07, 6.45) is 1.54. The molecule has 68 valence electrons. The lowest BCUT2D eigenvalue weighted by atomic mass is 10.3. The van der Waals surface area contributed by atoms with E-state index in [2.05, 4.69) is 5.32 Å². The first-order valence-corrected chi connectivity index (χ1v) is 4.18. The Kier molecular flexibility index (Phi) is 3.59. The fourth-order valence-corrected chi connectivity index (χ4v) is 0.975. The number of hydrogen-bond donors (Lipinski definition) is 2. The van der Waals surface area contributed by atoms with Gasteiger partial charge in [0, 0.05) is 18.2 Å². The van der Waals surface area contributed by atoms with Gasteiger partial charge in [0.1, 0.15) is 0 Å². The largest absolute Gasteiger partial charge is 0.453 e. The first kappa shape index (κ1) is 9.58. The van der Waals surface area contributed by atoms with Crippen molar-refractivity contribution in [3.8, 4) is 0 Å². The molecule has 0 saturated heterocycles. The summed E-state index contributed by atoms with van der Waals surface area (Å²) in [4.78, 5) is 0. The summed E-state index contributed by atoms with van der Waals surface area (Å²) in [6.45, 7) is 2.64. The topological polar surface area (TPSA) is 45.4 Å². The highest BCUT2D eigenvalue weighted by Crippen LogP contribution is 2.15. The van der Waals surface area contributed by atoms with Crippen LogP contribution in [-0.4, -0.2) is 17.8 Å². The van der Waals surface area contributed by atoms with Crippen molar-refractivity contribution in [3.63, 3.8) is 0 Å². The highest BCUT2D eigenvalue weighted by Gasteiger charge is 2.04. The van der Waals surface area contributed by atoms with E-state index in [1.54, 1.807) is 12.3 Å². The number of hydrogen-bond acceptors (Lipinski definition) is 3. The van der Waals surface area contributed by atoms with Gasteiger partial charge in [-0.15, -0.1) is 0 Å². The summed E-state index contributed by atoms with van der Waals surface area (Å²) in [5.74, 6) is 0. The van der Waals surface area contributed by atoms with Crippen molar-refractivity contribution < 1.29 is 9.52 Å². The van der Waals surface area contributed by atoms with E-state index in [4.69, 9.17) is 21.1 Å². The molecule has 0 bridgehead atoms. The maximum Gasteiger partial charge on any atom is 0.197 e. The van der Waals surface area contributed by atoms with Crippen LogP contribution in [0, 0.1) is 0 Å². The van der Waals surface area contributed by atoms with E-state index >= 15 is 0 Å². The van der Waals surface area contributed by atoms with E-state index in [0.29, 0.717) is 11.8 Å². The second-order valence-corrected chi connectivity index (χ2v) is 3.03. The van der Waals surface area contributed by atoms with E-state index < -0.39 is 0 Å². The Labute approximate surface area is 76.3 Å². The van der Waals surface area contributed by atoms with Gasteiger partial charge in [-0.1, -0.05) is 0 Å². The molecule has 0 radical (unpaired) electrons. The summed E-state index contributed by atoms with van der Waals surface area (Å²) in [5.41, 5.74) is 0.914. The summed E-state index contributed by atoms with van der Waals surface area (Å²) < 4.78 is 4.89. The van der Waals surface area contributed by atoms with E-state index in [9.17, 15) is 0 Å². The van der Waals surface area contributed by atoms with E-state index in [-0.39, 0.29) is 12.6 Å². The van der Waals surface area contributed by atoms with Gasteiger partial charge in [-0.2, -0.15) is 0 Å². The number of halogens is 1. The molecule has 1 aromatic rings. The van der Waals surface area contributed by atoms with Crippen LogP contribution >= 0.6 is 11.6 Å². The van der Waals surface area contributed by atoms with Gasteiger partial charge in [-0.25, -0.2) is 0 Å². The molecular formula is C8H12ClNO2. The number of aliphatic hydroxyl groups excluding tert-OH is 1. The average molecular weight is 190 g/mol. The van der Waals surface area contributed by atoms with Gasteiger partial charge in [-0.05, 0) is 24.6 Å². The lowest BCUT2D eigenvalue weighted by Crippen LogP contribution is -2.28. The molecule has 0 aliphatic heterocycles. The maximum absolute atomic E-state index is 8.71. The Hall–Kier alpha value is -0.510. The van der Waals surface area contributed by atoms with Crippen LogP contribution in [0.15, 0.2) is 16.7 Å². The molecule has 0 spiro atoms. The van der Waals surface area contributed by atoms with Gasteiger partial charge in [0.15, 0.2) is 5.22 Å². The molecule has 2 N–H and O–H groups in total. The average Bonchev–Trinajstić information content (AvgIpc) is 2.47. The van der Waals surface area contributed by atoms with Crippen molar-refractivity contribution in [2.24, 2.45) is 0 Å². The van der Waals surface area contributed by atoms with Crippen LogP contribution in [-0.2, 0) is 6.54 Å². The molecule has 1 heterocycles. The standard InChI is InChI=1S/C8H12ClNO2/c1-6(5-11)10-4-7-2-3-12-8(7)9/h2-3,6,10-11H,4-5H2,1H3. The SMILES string of the molecule is CC(CO)NCc1ccoc1Cl. The van der Waals surface area contributed by atoms with Crippen LogP contribution in [0.2, 0.25) is 5.22 Å². The van der Waals surface area contributed by atoms with Gasteiger partial charge in [0.05, 0.1) is 12.9 Å².